The Labute approximate surface area is 214 Å². The third kappa shape index (κ3) is 5.01. The van der Waals surface area contributed by atoms with Crippen LogP contribution in [-0.4, -0.2) is 24.5 Å². The van der Waals surface area contributed by atoms with Gasteiger partial charge in [0.15, 0.2) is 5.65 Å². The monoisotopic (exact) mass is 529 g/mol. The van der Waals surface area contributed by atoms with Crippen LogP contribution in [0.5, 0.6) is 0 Å². The average Bonchev–Trinajstić information content (AvgIpc) is 2.90. The molecule has 11 heteroatoms. The van der Waals surface area contributed by atoms with E-state index in [1.807, 2.05) is 0 Å². The van der Waals surface area contributed by atoms with E-state index in [2.05, 4.69) is 19.9 Å². The van der Waals surface area contributed by atoms with Gasteiger partial charge in [0.1, 0.15) is 5.52 Å². The number of fused-ring (bicyclic) bond motifs is 1. The van der Waals surface area contributed by atoms with Crippen LogP contribution in [0.25, 0.3) is 11.2 Å². The van der Waals surface area contributed by atoms with Crippen LogP contribution < -0.4 is 5.56 Å². The van der Waals surface area contributed by atoms with Crippen LogP contribution in [0.1, 0.15) is 77.7 Å². The summed E-state index contributed by atoms with van der Waals surface area (Å²) in [5, 5.41) is 0. The highest BCUT2D eigenvalue weighted by Crippen LogP contribution is 2.41. The highest BCUT2D eigenvalue weighted by atomic mass is 19.4. The normalized spacial score (nSPS) is 18.3. The Morgan fingerprint density at radius 3 is 2.39 bits per heavy atom. The number of hydrogen-bond acceptors (Lipinski definition) is 5. The van der Waals surface area contributed by atoms with Crippen LogP contribution in [0.4, 0.5) is 22.0 Å². The zero-order valence-electron chi connectivity index (χ0n) is 20.4. The van der Waals surface area contributed by atoms with Gasteiger partial charge in [-0.05, 0) is 68.9 Å². The van der Waals surface area contributed by atoms with E-state index in [-0.39, 0.29) is 28.7 Å². The molecule has 4 heterocycles. The van der Waals surface area contributed by atoms with Crippen molar-refractivity contribution in [3.05, 3.63) is 93.0 Å². The highest BCUT2D eigenvalue weighted by Gasteiger charge is 2.35. The van der Waals surface area contributed by atoms with E-state index in [0.29, 0.717) is 48.2 Å². The fourth-order valence-corrected chi connectivity index (χ4v) is 5.28. The summed E-state index contributed by atoms with van der Waals surface area (Å²) >= 11 is 0. The first-order chi connectivity index (χ1) is 18.1. The Kier molecular flexibility index (Phi) is 6.93. The van der Waals surface area contributed by atoms with Gasteiger partial charge in [0.25, 0.3) is 12.0 Å². The van der Waals surface area contributed by atoms with E-state index in [0.717, 1.165) is 6.07 Å². The molecule has 0 spiro atoms. The molecule has 0 radical (unpaired) electrons. The van der Waals surface area contributed by atoms with Gasteiger partial charge in [-0.3, -0.25) is 24.3 Å². The number of alkyl halides is 5. The molecule has 198 valence electrons. The van der Waals surface area contributed by atoms with Crippen molar-refractivity contribution in [2.75, 3.05) is 0 Å². The van der Waals surface area contributed by atoms with Crippen LogP contribution in [0.3, 0.4) is 0 Å². The predicted octanol–water partition coefficient (Wildman–Crippen LogP) is 6.34. The Hall–Kier alpha value is -3.76. The molecule has 5 rings (SSSR count). The molecule has 0 amide bonds. The smallest absolute Gasteiger partial charge is 0.285 e. The summed E-state index contributed by atoms with van der Waals surface area (Å²) in [5.41, 5.74) is 0.154. The second-order valence-corrected chi connectivity index (χ2v) is 9.53. The summed E-state index contributed by atoms with van der Waals surface area (Å²) in [4.78, 5) is 30.7. The standard InChI is InChI=1S/C27H24F5N5O/c1-15-13-35-21-12-19(16-6-8-17(9-7-16)23-18(24(28)29)4-2-11-34-23)26(38)37(25(21)36-15)14-22-20(27(30,31)32)5-3-10-33-22/h2-5,10-13,16-17,24H,6-9,14H2,1H3. The highest BCUT2D eigenvalue weighted by molar-refractivity contribution is 5.71. The van der Waals surface area contributed by atoms with E-state index >= 15 is 0 Å². The first-order valence-electron chi connectivity index (χ1n) is 12.2. The van der Waals surface area contributed by atoms with E-state index in [9.17, 15) is 26.7 Å². The van der Waals surface area contributed by atoms with E-state index < -0.39 is 30.3 Å². The van der Waals surface area contributed by atoms with E-state index in [1.165, 1.54) is 41.4 Å². The number of rotatable bonds is 5. The van der Waals surface area contributed by atoms with Crippen molar-refractivity contribution >= 4 is 11.2 Å². The van der Waals surface area contributed by atoms with Crippen LogP contribution in [0.2, 0.25) is 0 Å². The summed E-state index contributed by atoms with van der Waals surface area (Å²) in [6.07, 6.45) is -0.778. The minimum Gasteiger partial charge on any atom is -0.285 e. The van der Waals surface area contributed by atoms with Gasteiger partial charge in [-0.25, -0.2) is 13.8 Å². The quantitative estimate of drug-likeness (QED) is 0.282. The summed E-state index contributed by atoms with van der Waals surface area (Å²) in [7, 11) is 0. The molecule has 0 aromatic carbocycles. The largest absolute Gasteiger partial charge is 0.418 e. The number of aryl methyl sites for hydroxylation is 1. The summed E-state index contributed by atoms with van der Waals surface area (Å²) in [6.45, 7) is 1.27. The third-order valence-corrected chi connectivity index (χ3v) is 7.11. The van der Waals surface area contributed by atoms with Crippen molar-refractivity contribution < 1.29 is 22.0 Å². The lowest BCUT2D eigenvalue weighted by Gasteiger charge is -2.29. The van der Waals surface area contributed by atoms with Gasteiger partial charge in [-0.2, -0.15) is 13.2 Å². The molecule has 6 nitrogen and oxygen atoms in total. The average molecular weight is 530 g/mol. The van der Waals surface area contributed by atoms with Crippen molar-refractivity contribution in [2.45, 2.75) is 63.6 Å². The molecular formula is C27H24F5N5O. The lowest BCUT2D eigenvalue weighted by molar-refractivity contribution is -0.138. The molecule has 1 aliphatic rings. The van der Waals surface area contributed by atoms with Gasteiger partial charge in [-0.1, -0.05) is 0 Å². The minimum absolute atomic E-state index is 0.0783. The van der Waals surface area contributed by atoms with Gasteiger partial charge >= 0.3 is 6.18 Å². The zero-order valence-corrected chi connectivity index (χ0v) is 20.4. The molecule has 1 aliphatic carbocycles. The van der Waals surface area contributed by atoms with E-state index in [1.54, 1.807) is 13.0 Å². The zero-order chi connectivity index (χ0) is 27.0. The van der Waals surface area contributed by atoms with Gasteiger partial charge in [0.05, 0.1) is 29.2 Å². The van der Waals surface area contributed by atoms with Crippen molar-refractivity contribution in [3.63, 3.8) is 0 Å². The predicted molar refractivity (Wildman–Crippen MR) is 130 cm³/mol. The topological polar surface area (TPSA) is 73.6 Å². The maximum atomic E-state index is 13.7. The lowest BCUT2D eigenvalue weighted by atomic mass is 9.77. The van der Waals surface area contributed by atoms with E-state index in [4.69, 9.17) is 0 Å². The molecule has 0 aliphatic heterocycles. The third-order valence-electron chi connectivity index (χ3n) is 7.11. The molecule has 1 fully saturated rings. The van der Waals surface area contributed by atoms with Crippen molar-refractivity contribution in [1.29, 1.82) is 0 Å². The van der Waals surface area contributed by atoms with Crippen LogP contribution in [-0.2, 0) is 12.7 Å². The molecule has 0 unspecified atom stereocenters. The van der Waals surface area contributed by atoms with Crippen molar-refractivity contribution in [2.24, 2.45) is 0 Å². The molecule has 0 atom stereocenters. The molecule has 4 aromatic heterocycles. The fraction of sp³-hybridized carbons (Fsp3) is 0.370. The SMILES string of the molecule is Cc1cnc2cc(C3CCC(c4ncccc4C(F)F)CC3)c(=O)n(Cc3ncccc3C(F)(F)F)c2n1. The number of hydrogen-bond donors (Lipinski definition) is 0. The maximum absolute atomic E-state index is 13.7. The molecular weight excluding hydrogens is 505 g/mol. The summed E-state index contributed by atoms with van der Waals surface area (Å²) in [6, 6.07) is 6.66. The van der Waals surface area contributed by atoms with Crippen LogP contribution >= 0.6 is 0 Å². The fourth-order valence-electron chi connectivity index (χ4n) is 5.28. The molecule has 0 N–H and O–H groups in total. The first-order valence-corrected chi connectivity index (χ1v) is 12.2. The Morgan fingerprint density at radius 1 is 1.00 bits per heavy atom. The Balaban J connectivity index is 1.51. The minimum atomic E-state index is -4.64. The lowest BCUT2D eigenvalue weighted by Crippen LogP contribution is -2.29. The molecule has 1 saturated carbocycles. The van der Waals surface area contributed by atoms with Gasteiger partial charge < -0.3 is 0 Å². The van der Waals surface area contributed by atoms with Crippen LogP contribution in [0, 0.1) is 6.92 Å². The number of aromatic nitrogens is 5. The van der Waals surface area contributed by atoms with Crippen LogP contribution in [0.15, 0.2) is 53.7 Å². The summed E-state index contributed by atoms with van der Waals surface area (Å²) < 4.78 is 69.2. The van der Waals surface area contributed by atoms with Crippen molar-refractivity contribution in [3.8, 4) is 0 Å². The van der Waals surface area contributed by atoms with Crippen molar-refractivity contribution in [1.82, 2.24) is 24.5 Å². The van der Waals surface area contributed by atoms with Gasteiger partial charge in [0, 0.05) is 35.6 Å². The molecule has 38 heavy (non-hydrogen) atoms. The van der Waals surface area contributed by atoms with Gasteiger partial charge in [0.2, 0.25) is 0 Å². The number of pyridine rings is 3. The Morgan fingerprint density at radius 2 is 1.68 bits per heavy atom. The Bertz CT molecular complexity index is 1530. The van der Waals surface area contributed by atoms with Gasteiger partial charge in [-0.15, -0.1) is 0 Å². The second kappa shape index (κ2) is 10.2. The summed E-state index contributed by atoms with van der Waals surface area (Å²) in [5.74, 6) is -0.369. The molecule has 0 bridgehead atoms. The number of nitrogens with zero attached hydrogens (tertiary/aromatic N) is 5. The molecule has 0 saturated heterocycles. The number of halogens is 5. The molecule has 4 aromatic rings. The maximum Gasteiger partial charge on any atom is 0.418 e. The second-order valence-electron chi connectivity index (χ2n) is 9.53. The first kappa shape index (κ1) is 25.9.